The van der Waals surface area contributed by atoms with E-state index in [-0.39, 0.29) is 12.6 Å². The van der Waals surface area contributed by atoms with Crippen LogP contribution in [0.5, 0.6) is 5.75 Å². The van der Waals surface area contributed by atoms with Gasteiger partial charge in [-0.2, -0.15) is 0 Å². The molecule has 0 saturated carbocycles. The molecule has 2 rings (SSSR count). The van der Waals surface area contributed by atoms with Crippen molar-refractivity contribution in [2.45, 2.75) is 13.0 Å². The molecule has 0 unspecified atom stereocenters. The normalized spacial score (nSPS) is 11.7. The maximum absolute atomic E-state index is 11.6. The van der Waals surface area contributed by atoms with E-state index in [4.69, 9.17) is 9.15 Å². The van der Waals surface area contributed by atoms with E-state index in [1.54, 1.807) is 19.1 Å². The lowest BCUT2D eigenvalue weighted by Crippen LogP contribution is -2.39. The molecule has 6 nitrogen and oxygen atoms in total. The van der Waals surface area contributed by atoms with Gasteiger partial charge in [0.05, 0.1) is 13.1 Å². The zero-order chi connectivity index (χ0) is 15.8. The van der Waals surface area contributed by atoms with Crippen molar-refractivity contribution in [1.29, 1.82) is 0 Å². The number of hydrogen-bond donors (Lipinski definition) is 3. The van der Waals surface area contributed by atoms with Crippen molar-refractivity contribution in [3.05, 3.63) is 54.0 Å². The van der Waals surface area contributed by atoms with Crippen molar-refractivity contribution in [3.63, 3.8) is 0 Å². The molecule has 1 heterocycles. The predicted octanol–water partition coefficient (Wildman–Crippen LogP) is 2.00. The molecule has 0 saturated heterocycles. The first-order chi connectivity index (χ1) is 10.6. The van der Waals surface area contributed by atoms with Gasteiger partial charge in [0, 0.05) is 0 Å². The molecule has 22 heavy (non-hydrogen) atoms. The van der Waals surface area contributed by atoms with E-state index in [1.807, 2.05) is 30.3 Å². The number of urea groups is 1. The third kappa shape index (κ3) is 5.14. The van der Waals surface area contributed by atoms with Crippen LogP contribution in [-0.2, 0) is 0 Å². The first-order valence-corrected chi connectivity index (χ1v) is 7.09. The second-order valence-electron chi connectivity index (χ2n) is 4.76. The van der Waals surface area contributed by atoms with Crippen LogP contribution in [0.2, 0.25) is 0 Å². The van der Waals surface area contributed by atoms with Gasteiger partial charge in [0.25, 0.3) is 0 Å². The highest BCUT2D eigenvalue weighted by Crippen LogP contribution is 2.14. The molecule has 2 amide bonds. The number of aryl methyl sites for hydroxylation is 1. The van der Waals surface area contributed by atoms with Crippen LogP contribution in [0.15, 0.2) is 46.9 Å². The summed E-state index contributed by atoms with van der Waals surface area (Å²) in [4.78, 5) is 11.6. The van der Waals surface area contributed by atoms with E-state index < -0.39 is 6.10 Å². The van der Waals surface area contributed by atoms with E-state index >= 15 is 0 Å². The highest BCUT2D eigenvalue weighted by Gasteiger charge is 2.12. The Morgan fingerprint density at radius 1 is 1.23 bits per heavy atom. The lowest BCUT2D eigenvalue weighted by molar-refractivity contribution is 0.146. The minimum Gasteiger partial charge on any atom is -0.492 e. The van der Waals surface area contributed by atoms with Gasteiger partial charge >= 0.3 is 6.03 Å². The molecule has 0 aliphatic carbocycles. The van der Waals surface area contributed by atoms with Gasteiger partial charge in [0.1, 0.15) is 30.0 Å². The van der Waals surface area contributed by atoms with Crippen molar-refractivity contribution in [3.8, 4) is 5.75 Å². The SMILES string of the molecule is Cc1ccc([C@@H](O)CNC(=O)NCCOc2ccccc2)o1. The third-order valence-electron chi connectivity index (χ3n) is 2.95. The van der Waals surface area contributed by atoms with Gasteiger partial charge in [-0.05, 0) is 31.2 Å². The highest BCUT2D eigenvalue weighted by molar-refractivity contribution is 5.73. The maximum atomic E-state index is 11.6. The number of aliphatic hydroxyl groups excluding tert-OH is 1. The Balaban J connectivity index is 1.60. The predicted molar refractivity (Wildman–Crippen MR) is 81.7 cm³/mol. The molecule has 118 valence electrons. The Bertz CT molecular complexity index is 583. The number of furan rings is 1. The van der Waals surface area contributed by atoms with Crippen LogP contribution >= 0.6 is 0 Å². The summed E-state index contributed by atoms with van der Waals surface area (Å²) in [5.41, 5.74) is 0. The summed E-state index contributed by atoms with van der Waals surface area (Å²) < 4.78 is 10.7. The molecular weight excluding hydrogens is 284 g/mol. The minimum atomic E-state index is -0.861. The summed E-state index contributed by atoms with van der Waals surface area (Å²) in [6, 6.07) is 12.5. The molecule has 0 aliphatic heterocycles. The van der Waals surface area contributed by atoms with Crippen molar-refractivity contribution < 1.29 is 19.1 Å². The smallest absolute Gasteiger partial charge is 0.315 e. The van der Waals surface area contributed by atoms with Gasteiger partial charge in [0.15, 0.2) is 0 Å². The first-order valence-electron chi connectivity index (χ1n) is 7.09. The van der Waals surface area contributed by atoms with E-state index in [1.165, 1.54) is 0 Å². The number of carbonyl (C=O) groups excluding carboxylic acids is 1. The number of para-hydroxylation sites is 1. The summed E-state index contributed by atoms with van der Waals surface area (Å²) in [5, 5.41) is 15.1. The Morgan fingerprint density at radius 2 is 2.00 bits per heavy atom. The molecule has 1 aromatic carbocycles. The van der Waals surface area contributed by atoms with E-state index in [2.05, 4.69) is 10.6 Å². The van der Waals surface area contributed by atoms with Crippen molar-refractivity contribution in [1.82, 2.24) is 10.6 Å². The second-order valence-corrected chi connectivity index (χ2v) is 4.76. The van der Waals surface area contributed by atoms with Crippen molar-refractivity contribution in [2.24, 2.45) is 0 Å². The van der Waals surface area contributed by atoms with E-state index in [0.717, 1.165) is 11.5 Å². The van der Waals surface area contributed by atoms with Gasteiger partial charge in [-0.25, -0.2) is 4.79 Å². The number of hydrogen-bond acceptors (Lipinski definition) is 4. The number of ether oxygens (including phenoxy) is 1. The minimum absolute atomic E-state index is 0.0817. The van der Waals surface area contributed by atoms with Crippen LogP contribution in [0.4, 0.5) is 4.79 Å². The molecule has 0 aliphatic rings. The summed E-state index contributed by atoms with van der Waals surface area (Å²) >= 11 is 0. The number of benzene rings is 1. The van der Waals surface area contributed by atoms with Crippen LogP contribution in [-0.4, -0.2) is 30.8 Å². The maximum Gasteiger partial charge on any atom is 0.315 e. The van der Waals surface area contributed by atoms with Gasteiger partial charge < -0.3 is 24.9 Å². The Hall–Kier alpha value is -2.47. The second kappa shape index (κ2) is 8.09. The zero-order valence-corrected chi connectivity index (χ0v) is 12.4. The fourth-order valence-electron chi connectivity index (χ4n) is 1.84. The highest BCUT2D eigenvalue weighted by atomic mass is 16.5. The number of nitrogens with one attached hydrogen (secondary N) is 2. The fourth-order valence-corrected chi connectivity index (χ4v) is 1.84. The Labute approximate surface area is 129 Å². The molecule has 0 fully saturated rings. The molecule has 6 heteroatoms. The summed E-state index contributed by atoms with van der Waals surface area (Å²) in [7, 11) is 0. The fraction of sp³-hybridized carbons (Fsp3) is 0.312. The first kappa shape index (κ1) is 15.9. The zero-order valence-electron chi connectivity index (χ0n) is 12.4. The number of rotatable bonds is 7. The molecule has 0 bridgehead atoms. The number of carbonyl (C=O) groups is 1. The van der Waals surface area contributed by atoms with E-state index in [0.29, 0.717) is 18.9 Å². The summed E-state index contributed by atoms with van der Waals surface area (Å²) in [5.74, 6) is 1.91. The molecule has 1 aromatic heterocycles. The van der Waals surface area contributed by atoms with Gasteiger partial charge in [-0.3, -0.25) is 0 Å². The molecule has 3 N–H and O–H groups in total. The topological polar surface area (TPSA) is 83.7 Å². The number of amides is 2. The number of aliphatic hydroxyl groups is 1. The van der Waals surface area contributed by atoms with Gasteiger partial charge in [0.2, 0.25) is 0 Å². The summed E-state index contributed by atoms with van der Waals surface area (Å²) in [6.45, 7) is 2.62. The summed E-state index contributed by atoms with van der Waals surface area (Å²) in [6.07, 6.45) is -0.861. The molecule has 0 spiro atoms. The average Bonchev–Trinajstić information content (AvgIpc) is 2.97. The standard InChI is InChI=1S/C16H20N2O4/c1-12-7-8-15(22-12)14(19)11-18-16(20)17-9-10-21-13-5-3-2-4-6-13/h2-8,14,19H,9-11H2,1H3,(H2,17,18,20)/t14-/m0/s1. The third-order valence-corrected chi connectivity index (χ3v) is 2.95. The van der Waals surface area contributed by atoms with E-state index in [9.17, 15) is 9.90 Å². The largest absolute Gasteiger partial charge is 0.492 e. The molecule has 0 radical (unpaired) electrons. The van der Waals surface area contributed by atoms with Crippen molar-refractivity contribution in [2.75, 3.05) is 19.7 Å². The van der Waals surface area contributed by atoms with Crippen molar-refractivity contribution >= 4 is 6.03 Å². The molecule has 2 aromatic rings. The van der Waals surface area contributed by atoms with Crippen LogP contribution in [0.25, 0.3) is 0 Å². The van der Waals surface area contributed by atoms with Gasteiger partial charge in [-0.1, -0.05) is 18.2 Å². The van der Waals surface area contributed by atoms with Crippen LogP contribution in [0, 0.1) is 6.92 Å². The van der Waals surface area contributed by atoms with Gasteiger partial charge in [-0.15, -0.1) is 0 Å². The Kier molecular flexibility index (Phi) is 5.85. The average molecular weight is 304 g/mol. The molecular formula is C16H20N2O4. The van der Waals surface area contributed by atoms with Crippen LogP contribution < -0.4 is 15.4 Å². The lowest BCUT2D eigenvalue weighted by atomic mass is 10.3. The monoisotopic (exact) mass is 304 g/mol. The van der Waals surface area contributed by atoms with Crippen LogP contribution in [0.1, 0.15) is 17.6 Å². The molecule has 1 atom stereocenters. The van der Waals surface area contributed by atoms with Crippen LogP contribution in [0.3, 0.4) is 0 Å². The Morgan fingerprint density at radius 3 is 2.68 bits per heavy atom. The quantitative estimate of drug-likeness (QED) is 0.683. The lowest BCUT2D eigenvalue weighted by Gasteiger charge is -2.11.